The molecule has 0 atom stereocenters. The molecular weight excluding hydrogens is 360 g/mol. The van der Waals surface area contributed by atoms with Crippen LogP contribution in [-0.2, 0) is 12.8 Å². The maximum Gasteiger partial charge on any atom is 0.259 e. The number of hydrogen-bond donors (Lipinski definition) is 1. The SMILES string of the molecule is CN(C(=O)c1cccc2c1CCN2)c1cc(Cc2cc(F)cc(F)c2)ccn1. The van der Waals surface area contributed by atoms with Gasteiger partial charge in [-0.3, -0.25) is 9.69 Å². The quantitative estimate of drug-likeness (QED) is 0.739. The molecule has 3 aromatic rings. The Morgan fingerprint density at radius 1 is 1.11 bits per heavy atom. The molecule has 0 aliphatic carbocycles. The highest BCUT2D eigenvalue weighted by Gasteiger charge is 2.22. The summed E-state index contributed by atoms with van der Waals surface area (Å²) in [6.45, 7) is 0.821. The lowest BCUT2D eigenvalue weighted by molar-refractivity contribution is 0.0991. The van der Waals surface area contributed by atoms with Crippen LogP contribution in [0.15, 0.2) is 54.7 Å². The highest BCUT2D eigenvalue weighted by Crippen LogP contribution is 2.27. The van der Waals surface area contributed by atoms with Crippen LogP contribution in [0.5, 0.6) is 0 Å². The van der Waals surface area contributed by atoms with Crippen molar-refractivity contribution in [1.82, 2.24) is 4.98 Å². The van der Waals surface area contributed by atoms with Gasteiger partial charge in [0.15, 0.2) is 0 Å². The Bertz CT molecular complexity index is 1030. The van der Waals surface area contributed by atoms with Crippen LogP contribution in [-0.4, -0.2) is 24.5 Å². The van der Waals surface area contributed by atoms with Gasteiger partial charge in [0, 0.05) is 37.1 Å². The Balaban J connectivity index is 1.59. The second-order valence-corrected chi connectivity index (χ2v) is 6.85. The van der Waals surface area contributed by atoms with Gasteiger partial charge in [0.05, 0.1) is 0 Å². The minimum absolute atomic E-state index is 0.137. The third-order valence-corrected chi connectivity index (χ3v) is 4.89. The number of nitrogens with one attached hydrogen (secondary N) is 1. The summed E-state index contributed by atoms with van der Waals surface area (Å²) in [6, 6.07) is 12.6. The lowest BCUT2D eigenvalue weighted by Crippen LogP contribution is -2.28. The highest BCUT2D eigenvalue weighted by atomic mass is 19.1. The molecular formula is C22H19F2N3O. The standard InChI is InChI=1S/C22H19F2N3O/c1-27(22(28)19-3-2-4-20-18(19)6-8-25-20)21-12-14(5-7-26-21)9-15-10-16(23)13-17(24)11-15/h2-5,7,10-13,25H,6,8-9H2,1H3. The van der Waals surface area contributed by atoms with Gasteiger partial charge >= 0.3 is 0 Å². The Kier molecular flexibility index (Phi) is 4.77. The van der Waals surface area contributed by atoms with E-state index in [-0.39, 0.29) is 5.91 Å². The average Bonchev–Trinajstić information content (AvgIpc) is 3.15. The first-order valence-corrected chi connectivity index (χ1v) is 9.05. The molecule has 0 fully saturated rings. The Morgan fingerprint density at radius 3 is 2.68 bits per heavy atom. The topological polar surface area (TPSA) is 45.2 Å². The fourth-order valence-electron chi connectivity index (χ4n) is 3.53. The van der Waals surface area contributed by atoms with Crippen LogP contribution in [0.4, 0.5) is 20.3 Å². The minimum Gasteiger partial charge on any atom is -0.384 e. The van der Waals surface area contributed by atoms with E-state index in [9.17, 15) is 13.6 Å². The largest absolute Gasteiger partial charge is 0.384 e. The van der Waals surface area contributed by atoms with E-state index < -0.39 is 11.6 Å². The summed E-state index contributed by atoms with van der Waals surface area (Å²) in [4.78, 5) is 18.8. The zero-order valence-corrected chi connectivity index (χ0v) is 15.4. The van der Waals surface area contributed by atoms with E-state index >= 15 is 0 Å². The summed E-state index contributed by atoms with van der Waals surface area (Å²) in [6.07, 6.45) is 2.75. The molecule has 1 amide bonds. The predicted octanol–water partition coefficient (Wildman–Crippen LogP) is 4.20. The zero-order chi connectivity index (χ0) is 19.7. The molecule has 4 rings (SSSR count). The van der Waals surface area contributed by atoms with E-state index in [0.29, 0.717) is 23.4 Å². The van der Waals surface area contributed by atoms with Crippen molar-refractivity contribution < 1.29 is 13.6 Å². The van der Waals surface area contributed by atoms with E-state index in [4.69, 9.17) is 0 Å². The fraction of sp³-hybridized carbons (Fsp3) is 0.182. The van der Waals surface area contributed by atoms with Crippen molar-refractivity contribution in [3.05, 3.63) is 88.6 Å². The maximum absolute atomic E-state index is 13.4. The summed E-state index contributed by atoms with van der Waals surface area (Å²) in [5.41, 5.74) is 4.01. The molecule has 0 unspecified atom stereocenters. The first kappa shape index (κ1) is 18.1. The lowest BCUT2D eigenvalue weighted by atomic mass is 10.0. The summed E-state index contributed by atoms with van der Waals surface area (Å²) < 4.78 is 26.9. The number of rotatable bonds is 4. The number of pyridine rings is 1. The molecule has 0 saturated carbocycles. The third-order valence-electron chi connectivity index (χ3n) is 4.89. The maximum atomic E-state index is 13.4. The number of amides is 1. The predicted molar refractivity (Wildman–Crippen MR) is 105 cm³/mol. The second-order valence-electron chi connectivity index (χ2n) is 6.85. The van der Waals surface area contributed by atoms with E-state index in [1.165, 1.54) is 17.0 Å². The number of anilines is 2. The first-order valence-electron chi connectivity index (χ1n) is 9.05. The fourth-order valence-corrected chi connectivity index (χ4v) is 3.53. The normalized spacial score (nSPS) is 12.4. The Morgan fingerprint density at radius 2 is 1.89 bits per heavy atom. The molecule has 0 bridgehead atoms. The van der Waals surface area contributed by atoms with Crippen LogP contribution in [0.3, 0.4) is 0 Å². The molecule has 1 aliphatic heterocycles. The van der Waals surface area contributed by atoms with Crippen molar-refractivity contribution in [3.8, 4) is 0 Å². The summed E-state index contributed by atoms with van der Waals surface area (Å²) in [7, 11) is 1.68. The van der Waals surface area contributed by atoms with E-state index in [1.807, 2.05) is 18.2 Å². The van der Waals surface area contributed by atoms with E-state index in [0.717, 1.165) is 35.8 Å². The molecule has 0 spiro atoms. The summed E-state index contributed by atoms with van der Waals surface area (Å²) in [5.74, 6) is -0.865. The summed E-state index contributed by atoms with van der Waals surface area (Å²) in [5, 5.41) is 3.27. The van der Waals surface area contributed by atoms with Gasteiger partial charge in [0.25, 0.3) is 5.91 Å². The molecule has 0 radical (unpaired) electrons. The van der Waals surface area contributed by atoms with E-state index in [1.54, 1.807) is 25.4 Å². The highest BCUT2D eigenvalue weighted by molar-refractivity contribution is 6.07. The van der Waals surface area contributed by atoms with Gasteiger partial charge in [-0.25, -0.2) is 13.8 Å². The van der Waals surface area contributed by atoms with Crippen molar-refractivity contribution >= 4 is 17.4 Å². The second kappa shape index (κ2) is 7.38. The smallest absolute Gasteiger partial charge is 0.259 e. The molecule has 2 heterocycles. The number of hydrogen-bond acceptors (Lipinski definition) is 3. The van der Waals surface area contributed by atoms with Gasteiger partial charge in [-0.15, -0.1) is 0 Å². The van der Waals surface area contributed by atoms with Crippen molar-refractivity contribution in [2.45, 2.75) is 12.8 Å². The minimum atomic E-state index is -0.608. The molecule has 1 aromatic heterocycles. The van der Waals surface area contributed by atoms with Crippen molar-refractivity contribution in [2.24, 2.45) is 0 Å². The molecule has 142 valence electrons. The lowest BCUT2D eigenvalue weighted by Gasteiger charge is -2.18. The van der Waals surface area contributed by atoms with Crippen LogP contribution in [0.2, 0.25) is 0 Å². The van der Waals surface area contributed by atoms with Crippen LogP contribution in [0, 0.1) is 11.6 Å². The van der Waals surface area contributed by atoms with Gasteiger partial charge in [0.2, 0.25) is 0 Å². The van der Waals surface area contributed by atoms with Crippen LogP contribution < -0.4 is 10.2 Å². The number of carbonyl (C=O) groups excluding carboxylic acids is 1. The zero-order valence-electron chi connectivity index (χ0n) is 15.4. The number of fused-ring (bicyclic) bond motifs is 1. The molecule has 0 saturated heterocycles. The average molecular weight is 379 g/mol. The number of benzene rings is 2. The van der Waals surface area contributed by atoms with Crippen molar-refractivity contribution in [1.29, 1.82) is 0 Å². The number of halogens is 2. The molecule has 1 N–H and O–H groups in total. The Labute approximate surface area is 161 Å². The van der Waals surface area contributed by atoms with Crippen LogP contribution >= 0.6 is 0 Å². The molecule has 1 aliphatic rings. The van der Waals surface area contributed by atoms with Crippen molar-refractivity contribution in [3.63, 3.8) is 0 Å². The number of aromatic nitrogens is 1. The van der Waals surface area contributed by atoms with Crippen LogP contribution in [0.1, 0.15) is 27.0 Å². The van der Waals surface area contributed by atoms with E-state index in [2.05, 4.69) is 10.3 Å². The van der Waals surface area contributed by atoms with Gasteiger partial charge < -0.3 is 5.32 Å². The molecule has 6 heteroatoms. The van der Waals surface area contributed by atoms with Crippen LogP contribution in [0.25, 0.3) is 0 Å². The van der Waals surface area contributed by atoms with Gasteiger partial charge in [-0.2, -0.15) is 0 Å². The molecule has 4 nitrogen and oxygen atoms in total. The van der Waals surface area contributed by atoms with Crippen molar-refractivity contribution in [2.75, 3.05) is 23.8 Å². The van der Waals surface area contributed by atoms with Gasteiger partial charge in [-0.05, 0) is 65.9 Å². The first-order chi connectivity index (χ1) is 13.5. The number of carbonyl (C=O) groups is 1. The van der Waals surface area contributed by atoms with Gasteiger partial charge in [0.1, 0.15) is 17.5 Å². The molecule has 2 aromatic carbocycles. The third kappa shape index (κ3) is 3.58. The monoisotopic (exact) mass is 379 g/mol. The van der Waals surface area contributed by atoms with Gasteiger partial charge in [-0.1, -0.05) is 6.07 Å². The number of nitrogens with zero attached hydrogens (tertiary/aromatic N) is 2. The Hall–Kier alpha value is -3.28. The molecule has 28 heavy (non-hydrogen) atoms. The summed E-state index contributed by atoms with van der Waals surface area (Å²) >= 11 is 0.